The zero-order valence-corrected chi connectivity index (χ0v) is 12.7. The van der Waals surface area contributed by atoms with Gasteiger partial charge in [-0.1, -0.05) is 52.9 Å². The van der Waals surface area contributed by atoms with Crippen LogP contribution in [-0.2, 0) is 11.3 Å². The summed E-state index contributed by atoms with van der Waals surface area (Å²) in [6.45, 7) is 2.96. The molecule has 0 aromatic heterocycles. The van der Waals surface area contributed by atoms with Gasteiger partial charge in [0.15, 0.2) is 6.29 Å². The lowest BCUT2D eigenvalue weighted by Crippen LogP contribution is -2.45. The molecule has 4 atom stereocenters. The first-order valence-electron chi connectivity index (χ1n) is 6.41. The maximum absolute atomic E-state index is 9.72. The van der Waals surface area contributed by atoms with E-state index in [1.807, 2.05) is 18.2 Å². The molecule has 1 aliphatic heterocycles. The Morgan fingerprint density at radius 3 is 2.78 bits per heavy atom. The average Bonchev–Trinajstić information content (AvgIpc) is 2.40. The summed E-state index contributed by atoms with van der Waals surface area (Å²) in [6.07, 6.45) is 1.51. The molecule has 2 rings (SSSR count). The third-order valence-corrected chi connectivity index (χ3v) is 4.62. The number of alkyl halides is 1. The molecular weight excluding hydrogens is 341 g/mol. The van der Waals surface area contributed by atoms with E-state index >= 15 is 0 Å². The van der Waals surface area contributed by atoms with Crippen LogP contribution in [0.15, 0.2) is 30.3 Å². The molecule has 18 heavy (non-hydrogen) atoms. The molecule has 0 aliphatic carbocycles. The molecule has 100 valence electrons. The fourth-order valence-electron chi connectivity index (χ4n) is 2.17. The Hall–Kier alpha value is -0.170. The summed E-state index contributed by atoms with van der Waals surface area (Å²) in [6, 6.07) is 10.6. The normalized spacial score (nSPS) is 30.1. The Morgan fingerprint density at radius 1 is 1.39 bits per heavy atom. The number of aliphatic hydroxyl groups is 1. The molecule has 1 saturated heterocycles. The highest BCUT2D eigenvalue weighted by atomic mass is 127. The Labute approximate surface area is 122 Å². The van der Waals surface area contributed by atoms with Crippen LogP contribution in [0.2, 0.25) is 0 Å². The molecule has 0 radical (unpaired) electrons. The number of hydrogen-bond acceptors (Lipinski definition) is 3. The summed E-state index contributed by atoms with van der Waals surface area (Å²) in [7, 11) is 0. The quantitative estimate of drug-likeness (QED) is 0.640. The fourth-order valence-corrected chi connectivity index (χ4v) is 2.70. The number of ether oxygens (including phenoxy) is 1. The van der Waals surface area contributed by atoms with Crippen molar-refractivity contribution in [3.8, 4) is 0 Å². The third kappa shape index (κ3) is 3.91. The van der Waals surface area contributed by atoms with E-state index in [1.165, 1.54) is 5.56 Å². The Balaban J connectivity index is 1.80. The lowest BCUT2D eigenvalue weighted by atomic mass is 10.0. The van der Waals surface area contributed by atoms with Gasteiger partial charge in [0, 0.05) is 12.6 Å². The van der Waals surface area contributed by atoms with Gasteiger partial charge in [-0.15, -0.1) is 0 Å². The molecule has 1 aliphatic rings. The van der Waals surface area contributed by atoms with Crippen LogP contribution in [0.4, 0.5) is 0 Å². The summed E-state index contributed by atoms with van der Waals surface area (Å²) in [5, 5.41) is 13.2. The molecule has 0 amide bonds. The first kappa shape index (κ1) is 14.2. The summed E-state index contributed by atoms with van der Waals surface area (Å²) in [4.78, 5) is 0. The predicted octanol–water partition coefficient (Wildman–Crippen LogP) is 2.47. The summed E-state index contributed by atoms with van der Waals surface area (Å²) < 4.78 is 5.86. The van der Waals surface area contributed by atoms with Gasteiger partial charge in [-0.3, -0.25) is 0 Å². The van der Waals surface area contributed by atoms with Gasteiger partial charge in [0.2, 0.25) is 0 Å². The maximum atomic E-state index is 9.72. The van der Waals surface area contributed by atoms with Crippen molar-refractivity contribution in [2.45, 2.75) is 48.7 Å². The van der Waals surface area contributed by atoms with Gasteiger partial charge in [-0.2, -0.15) is 0 Å². The first-order chi connectivity index (χ1) is 8.66. The van der Waals surface area contributed by atoms with Crippen LogP contribution < -0.4 is 5.32 Å². The van der Waals surface area contributed by atoms with Crippen molar-refractivity contribution in [3.63, 3.8) is 0 Å². The molecule has 0 spiro atoms. The lowest BCUT2D eigenvalue weighted by molar-refractivity contribution is -0.162. The van der Waals surface area contributed by atoms with Crippen molar-refractivity contribution in [2.75, 3.05) is 0 Å². The molecule has 1 aromatic rings. The minimum absolute atomic E-state index is 0.106. The second-order valence-electron chi connectivity index (χ2n) is 4.81. The van der Waals surface area contributed by atoms with Gasteiger partial charge in [0.05, 0.1) is 10.0 Å². The zero-order valence-electron chi connectivity index (χ0n) is 10.6. The standard InChI is InChI=1S/C14H20INO2/c1-10(13-8-7-12(15)14(17)18-13)16-9-11-5-3-2-4-6-11/h2-6,10,12-14,16-17H,7-9H2,1H3/t10-,12?,13+,14?/m1/s1. The third-order valence-electron chi connectivity index (χ3n) is 3.38. The zero-order chi connectivity index (χ0) is 13.0. The largest absolute Gasteiger partial charge is 0.367 e. The van der Waals surface area contributed by atoms with Crippen molar-refractivity contribution in [1.82, 2.24) is 5.32 Å². The van der Waals surface area contributed by atoms with Crippen LogP contribution in [0.1, 0.15) is 25.3 Å². The highest BCUT2D eigenvalue weighted by Crippen LogP contribution is 2.25. The Kier molecular flexibility index (Phi) is 5.41. The second-order valence-corrected chi connectivity index (χ2v) is 6.41. The van der Waals surface area contributed by atoms with Crippen LogP contribution in [0.3, 0.4) is 0 Å². The molecule has 2 unspecified atom stereocenters. The minimum atomic E-state index is -0.620. The van der Waals surface area contributed by atoms with Crippen molar-refractivity contribution >= 4 is 22.6 Å². The summed E-state index contributed by atoms with van der Waals surface area (Å²) >= 11 is 2.25. The molecule has 0 saturated carbocycles. The SMILES string of the molecule is C[C@@H](NCc1ccccc1)[C@@H]1CCC(I)C(O)O1. The van der Waals surface area contributed by atoms with Crippen molar-refractivity contribution in [2.24, 2.45) is 0 Å². The van der Waals surface area contributed by atoms with E-state index in [4.69, 9.17) is 4.74 Å². The monoisotopic (exact) mass is 361 g/mol. The molecule has 1 fully saturated rings. The molecular formula is C14H20INO2. The van der Waals surface area contributed by atoms with Gasteiger partial charge in [0.25, 0.3) is 0 Å². The molecule has 2 N–H and O–H groups in total. The average molecular weight is 361 g/mol. The van der Waals surface area contributed by atoms with Crippen molar-refractivity contribution in [3.05, 3.63) is 35.9 Å². The van der Waals surface area contributed by atoms with E-state index < -0.39 is 6.29 Å². The molecule has 1 aromatic carbocycles. The van der Waals surface area contributed by atoms with E-state index in [9.17, 15) is 5.11 Å². The van der Waals surface area contributed by atoms with E-state index in [-0.39, 0.29) is 16.1 Å². The minimum Gasteiger partial charge on any atom is -0.367 e. The summed E-state index contributed by atoms with van der Waals surface area (Å²) in [5.74, 6) is 0. The van der Waals surface area contributed by atoms with E-state index in [0.717, 1.165) is 19.4 Å². The van der Waals surface area contributed by atoms with Gasteiger partial charge in [0.1, 0.15) is 0 Å². The van der Waals surface area contributed by atoms with E-state index in [0.29, 0.717) is 0 Å². The molecule has 0 bridgehead atoms. The second kappa shape index (κ2) is 6.84. The number of halogens is 1. The van der Waals surface area contributed by atoms with Crippen molar-refractivity contribution < 1.29 is 9.84 Å². The highest BCUT2D eigenvalue weighted by Gasteiger charge is 2.30. The van der Waals surface area contributed by atoms with Crippen LogP contribution in [0, 0.1) is 0 Å². The van der Waals surface area contributed by atoms with Crippen LogP contribution in [0.5, 0.6) is 0 Å². The Bertz CT molecular complexity index is 360. The fraction of sp³-hybridized carbons (Fsp3) is 0.571. The number of hydrogen-bond donors (Lipinski definition) is 2. The molecule has 4 heteroatoms. The molecule has 1 heterocycles. The smallest absolute Gasteiger partial charge is 0.166 e. The lowest BCUT2D eigenvalue weighted by Gasteiger charge is -2.34. The van der Waals surface area contributed by atoms with Crippen molar-refractivity contribution in [1.29, 1.82) is 0 Å². The molecule has 3 nitrogen and oxygen atoms in total. The maximum Gasteiger partial charge on any atom is 0.166 e. The topological polar surface area (TPSA) is 41.5 Å². The Morgan fingerprint density at radius 2 is 2.11 bits per heavy atom. The van der Waals surface area contributed by atoms with Crippen LogP contribution >= 0.6 is 22.6 Å². The van der Waals surface area contributed by atoms with Crippen LogP contribution in [-0.4, -0.2) is 27.5 Å². The van der Waals surface area contributed by atoms with E-state index in [2.05, 4.69) is 47.0 Å². The summed E-state index contributed by atoms with van der Waals surface area (Å²) in [5.41, 5.74) is 1.27. The number of benzene rings is 1. The van der Waals surface area contributed by atoms with Crippen LogP contribution in [0.25, 0.3) is 0 Å². The number of nitrogens with one attached hydrogen (secondary N) is 1. The van der Waals surface area contributed by atoms with Gasteiger partial charge in [-0.25, -0.2) is 0 Å². The van der Waals surface area contributed by atoms with E-state index in [1.54, 1.807) is 0 Å². The van der Waals surface area contributed by atoms with Gasteiger partial charge in [-0.05, 0) is 25.3 Å². The predicted molar refractivity (Wildman–Crippen MR) is 80.7 cm³/mol. The van der Waals surface area contributed by atoms with Gasteiger partial charge < -0.3 is 15.2 Å². The first-order valence-corrected chi connectivity index (χ1v) is 7.66. The number of aliphatic hydroxyl groups excluding tert-OH is 1. The van der Waals surface area contributed by atoms with Gasteiger partial charge >= 0.3 is 0 Å². The number of rotatable bonds is 4. The highest BCUT2D eigenvalue weighted by molar-refractivity contribution is 14.1.